The molecule has 0 aliphatic carbocycles. The van der Waals surface area contributed by atoms with E-state index in [1.165, 1.54) is 6.07 Å². The Kier molecular flexibility index (Phi) is 3.13. The zero-order chi connectivity index (χ0) is 10.9. The molecule has 5 heteroatoms. The second-order valence-electron chi connectivity index (χ2n) is 2.90. The van der Waals surface area contributed by atoms with Crippen LogP contribution < -0.4 is 0 Å². The lowest BCUT2D eigenvalue weighted by Gasteiger charge is -2.10. The number of aliphatic hydroxyl groups is 1. The first-order chi connectivity index (χ1) is 6.43. The van der Waals surface area contributed by atoms with Crippen LogP contribution in [0.15, 0.2) is 16.6 Å². The van der Waals surface area contributed by atoms with Crippen LogP contribution in [0.25, 0.3) is 0 Å². The molecule has 1 rings (SSSR count). The third kappa shape index (κ3) is 2.05. The fraction of sp³-hybridized carbons (Fsp3) is 0.222. The Labute approximate surface area is 88.9 Å². The molecule has 0 radical (unpaired) electrons. The second kappa shape index (κ2) is 3.98. The fourth-order valence-electron chi connectivity index (χ4n) is 1.10. The van der Waals surface area contributed by atoms with Crippen molar-refractivity contribution in [2.45, 2.75) is 13.0 Å². The highest BCUT2D eigenvalue weighted by Crippen LogP contribution is 2.31. The summed E-state index contributed by atoms with van der Waals surface area (Å²) in [4.78, 5) is 10.5. The number of aliphatic carboxylic acids is 1. The molecule has 0 aliphatic heterocycles. The molecule has 0 amide bonds. The monoisotopic (exact) mass is 260 g/mol. The van der Waals surface area contributed by atoms with Crippen LogP contribution in [-0.2, 0) is 4.79 Å². The van der Waals surface area contributed by atoms with E-state index < -0.39 is 12.1 Å². The maximum Gasteiger partial charge on any atom is 0.337 e. The van der Waals surface area contributed by atoms with Gasteiger partial charge < -0.3 is 15.3 Å². The van der Waals surface area contributed by atoms with Crippen molar-refractivity contribution in [1.29, 1.82) is 0 Å². The summed E-state index contributed by atoms with van der Waals surface area (Å²) in [5.74, 6) is -1.58. The van der Waals surface area contributed by atoms with Crippen LogP contribution >= 0.6 is 15.9 Å². The van der Waals surface area contributed by atoms with Gasteiger partial charge in [0.05, 0.1) is 0 Å². The molecule has 76 valence electrons. The van der Waals surface area contributed by atoms with Gasteiger partial charge in [-0.25, -0.2) is 4.79 Å². The molecule has 0 bridgehead atoms. The largest absolute Gasteiger partial charge is 0.507 e. The van der Waals surface area contributed by atoms with E-state index in [9.17, 15) is 15.0 Å². The van der Waals surface area contributed by atoms with E-state index in [0.29, 0.717) is 10.0 Å². The number of benzene rings is 1. The highest BCUT2D eigenvalue weighted by Gasteiger charge is 2.21. The van der Waals surface area contributed by atoms with E-state index in [1.807, 2.05) is 0 Å². The number of carbonyl (C=O) groups is 1. The molecule has 0 aliphatic rings. The van der Waals surface area contributed by atoms with Gasteiger partial charge in [0, 0.05) is 10.0 Å². The first-order valence-electron chi connectivity index (χ1n) is 3.83. The quantitative estimate of drug-likeness (QED) is 0.755. The third-order valence-corrected chi connectivity index (χ3v) is 2.28. The minimum atomic E-state index is -1.70. The highest BCUT2D eigenvalue weighted by atomic mass is 79.9. The van der Waals surface area contributed by atoms with Gasteiger partial charge in [0.25, 0.3) is 0 Å². The van der Waals surface area contributed by atoms with Crippen molar-refractivity contribution < 1.29 is 20.1 Å². The molecular weight excluding hydrogens is 252 g/mol. The van der Waals surface area contributed by atoms with E-state index in [4.69, 9.17) is 5.11 Å². The zero-order valence-corrected chi connectivity index (χ0v) is 8.95. The Balaban J connectivity index is 3.26. The Hall–Kier alpha value is -1.07. The highest BCUT2D eigenvalue weighted by molar-refractivity contribution is 9.10. The molecule has 0 saturated heterocycles. The first kappa shape index (κ1) is 11.0. The third-order valence-electron chi connectivity index (χ3n) is 1.82. The molecule has 3 N–H and O–H groups in total. The summed E-state index contributed by atoms with van der Waals surface area (Å²) in [5.41, 5.74) is 0.499. The fourth-order valence-corrected chi connectivity index (χ4v) is 1.69. The van der Waals surface area contributed by atoms with Crippen LogP contribution in [0.4, 0.5) is 0 Å². The molecule has 1 atom stereocenters. The number of aliphatic hydroxyl groups excluding tert-OH is 1. The molecule has 0 saturated carbocycles. The van der Waals surface area contributed by atoms with Gasteiger partial charge in [-0.3, -0.25) is 0 Å². The number of carboxylic acid groups (broad SMARTS) is 1. The van der Waals surface area contributed by atoms with Gasteiger partial charge in [-0.05, 0) is 24.6 Å². The van der Waals surface area contributed by atoms with E-state index in [2.05, 4.69) is 15.9 Å². The Bertz CT molecular complexity index is 375. The minimum Gasteiger partial charge on any atom is -0.507 e. The number of rotatable bonds is 2. The topological polar surface area (TPSA) is 77.8 Å². The van der Waals surface area contributed by atoms with Crippen LogP contribution in [0, 0.1) is 6.92 Å². The summed E-state index contributed by atoms with van der Waals surface area (Å²) in [5, 5.41) is 27.3. The SMILES string of the molecule is Cc1cc(Br)cc(C(O)C(=O)O)c1O. The van der Waals surface area contributed by atoms with Crippen LogP contribution in [0.3, 0.4) is 0 Å². The molecule has 0 fully saturated rings. The minimum absolute atomic E-state index is 0.00984. The number of phenols is 1. The van der Waals surface area contributed by atoms with Gasteiger partial charge in [-0.2, -0.15) is 0 Å². The van der Waals surface area contributed by atoms with Crippen LogP contribution in [0.5, 0.6) is 5.75 Å². The lowest BCUT2D eigenvalue weighted by molar-refractivity contribution is -0.147. The molecule has 1 aromatic rings. The number of hydrogen-bond donors (Lipinski definition) is 3. The van der Waals surface area contributed by atoms with Gasteiger partial charge in [-0.1, -0.05) is 15.9 Å². The van der Waals surface area contributed by atoms with Crippen LogP contribution in [0.1, 0.15) is 17.2 Å². The molecule has 0 spiro atoms. The molecule has 1 aromatic carbocycles. The maximum atomic E-state index is 10.5. The van der Waals surface area contributed by atoms with E-state index >= 15 is 0 Å². The Morgan fingerprint density at radius 3 is 2.57 bits per heavy atom. The Morgan fingerprint density at radius 1 is 1.50 bits per heavy atom. The number of phenolic OH excluding ortho intramolecular Hbond substituents is 1. The molecular formula is C9H9BrO4. The predicted molar refractivity (Wildman–Crippen MR) is 53.1 cm³/mol. The van der Waals surface area contributed by atoms with Crippen molar-refractivity contribution in [2.75, 3.05) is 0 Å². The maximum absolute atomic E-state index is 10.5. The zero-order valence-electron chi connectivity index (χ0n) is 7.36. The van der Waals surface area contributed by atoms with Crippen molar-refractivity contribution in [3.05, 3.63) is 27.7 Å². The summed E-state index contributed by atoms with van der Waals surface area (Å²) in [7, 11) is 0. The first-order valence-corrected chi connectivity index (χ1v) is 4.62. The van der Waals surface area contributed by atoms with E-state index in [1.54, 1.807) is 13.0 Å². The van der Waals surface area contributed by atoms with Crippen molar-refractivity contribution >= 4 is 21.9 Å². The summed E-state index contributed by atoms with van der Waals surface area (Å²) >= 11 is 3.15. The van der Waals surface area contributed by atoms with Crippen molar-refractivity contribution in [3.63, 3.8) is 0 Å². The second-order valence-corrected chi connectivity index (χ2v) is 3.82. The predicted octanol–water partition coefficient (Wildman–Crippen LogP) is 1.58. The smallest absolute Gasteiger partial charge is 0.337 e. The Morgan fingerprint density at radius 2 is 2.07 bits per heavy atom. The molecule has 14 heavy (non-hydrogen) atoms. The average molecular weight is 261 g/mol. The van der Waals surface area contributed by atoms with E-state index in [0.717, 1.165) is 0 Å². The van der Waals surface area contributed by atoms with Crippen LogP contribution in [-0.4, -0.2) is 21.3 Å². The van der Waals surface area contributed by atoms with Crippen molar-refractivity contribution in [2.24, 2.45) is 0 Å². The molecule has 0 heterocycles. The number of aryl methyl sites for hydroxylation is 1. The average Bonchev–Trinajstić information content (AvgIpc) is 2.09. The van der Waals surface area contributed by atoms with Crippen LogP contribution in [0.2, 0.25) is 0 Å². The van der Waals surface area contributed by atoms with Gasteiger partial charge in [0.15, 0.2) is 6.10 Å². The molecule has 1 unspecified atom stereocenters. The summed E-state index contributed by atoms with van der Waals surface area (Å²) in [6.45, 7) is 1.62. The summed E-state index contributed by atoms with van der Waals surface area (Å²) in [6, 6.07) is 3.01. The number of halogens is 1. The van der Waals surface area contributed by atoms with Gasteiger partial charge in [0.2, 0.25) is 0 Å². The number of aromatic hydroxyl groups is 1. The lowest BCUT2D eigenvalue weighted by atomic mass is 10.1. The van der Waals surface area contributed by atoms with Crippen molar-refractivity contribution in [3.8, 4) is 5.75 Å². The van der Waals surface area contributed by atoms with Gasteiger partial charge in [-0.15, -0.1) is 0 Å². The van der Waals surface area contributed by atoms with Gasteiger partial charge in [0.1, 0.15) is 5.75 Å². The normalized spacial score (nSPS) is 12.5. The van der Waals surface area contributed by atoms with Gasteiger partial charge >= 0.3 is 5.97 Å². The lowest BCUT2D eigenvalue weighted by Crippen LogP contribution is -2.10. The van der Waals surface area contributed by atoms with E-state index in [-0.39, 0.29) is 11.3 Å². The summed E-state index contributed by atoms with van der Waals surface area (Å²) in [6.07, 6.45) is -1.70. The standard InChI is InChI=1S/C9H9BrO4/c1-4-2-5(10)3-6(7(4)11)8(12)9(13)14/h2-3,8,11-12H,1H3,(H,13,14). The number of carboxylic acids is 1. The molecule has 0 aromatic heterocycles. The molecule has 4 nitrogen and oxygen atoms in total. The van der Waals surface area contributed by atoms with Crippen molar-refractivity contribution in [1.82, 2.24) is 0 Å². The number of hydrogen-bond acceptors (Lipinski definition) is 3. The summed E-state index contributed by atoms with van der Waals surface area (Å²) < 4.78 is 0.614.